The molecule has 3 aromatic rings. The number of hydrogen-bond donors (Lipinski definition) is 0. The van der Waals surface area contributed by atoms with Gasteiger partial charge in [0.05, 0.1) is 22.6 Å². The molecular weight excluding hydrogens is 384 g/mol. The first-order chi connectivity index (χ1) is 13.1. The normalized spacial score (nSPS) is 14.4. The summed E-state index contributed by atoms with van der Waals surface area (Å²) < 4.78 is 10.6. The zero-order chi connectivity index (χ0) is 19.0. The van der Waals surface area contributed by atoms with Crippen molar-refractivity contribution < 1.29 is 18.7 Å². The van der Waals surface area contributed by atoms with Crippen LogP contribution in [-0.4, -0.2) is 18.9 Å². The van der Waals surface area contributed by atoms with E-state index >= 15 is 0 Å². The second-order valence-corrected chi connectivity index (χ2v) is 7.32. The molecule has 1 aliphatic heterocycles. The monoisotopic (exact) mass is 396 g/mol. The van der Waals surface area contributed by atoms with E-state index in [4.69, 9.17) is 20.8 Å². The van der Waals surface area contributed by atoms with Crippen molar-refractivity contribution in [3.05, 3.63) is 81.4 Å². The highest BCUT2D eigenvalue weighted by atomic mass is 35.5. The second-order valence-electron chi connectivity index (χ2n) is 5.82. The van der Waals surface area contributed by atoms with Gasteiger partial charge in [0.25, 0.3) is 0 Å². The summed E-state index contributed by atoms with van der Waals surface area (Å²) in [5, 5.41) is 0.310. The summed E-state index contributed by atoms with van der Waals surface area (Å²) in [6.07, 6.45) is 1.73. The van der Waals surface area contributed by atoms with Gasteiger partial charge in [-0.05, 0) is 48.5 Å². The van der Waals surface area contributed by atoms with Gasteiger partial charge in [0.2, 0.25) is 5.78 Å². The second kappa shape index (κ2) is 7.10. The van der Waals surface area contributed by atoms with Gasteiger partial charge in [0.1, 0.15) is 11.5 Å². The maximum atomic E-state index is 12.5. The number of fused-ring (bicyclic) bond motifs is 1. The number of ether oxygens (including phenoxy) is 1. The van der Waals surface area contributed by atoms with E-state index in [9.17, 15) is 9.59 Å². The van der Waals surface area contributed by atoms with Crippen LogP contribution in [0, 0.1) is 0 Å². The van der Waals surface area contributed by atoms with Crippen LogP contribution in [0.5, 0.6) is 0 Å². The molecule has 27 heavy (non-hydrogen) atoms. The molecule has 0 spiro atoms. The molecule has 0 atom stereocenters. The maximum Gasteiger partial charge on any atom is 0.339 e. The smallest absolute Gasteiger partial charge is 0.339 e. The van der Waals surface area contributed by atoms with Gasteiger partial charge in [-0.25, -0.2) is 4.79 Å². The average Bonchev–Trinajstić information content (AvgIpc) is 3.27. The van der Waals surface area contributed by atoms with Gasteiger partial charge in [-0.3, -0.25) is 4.79 Å². The molecule has 4 nitrogen and oxygen atoms in total. The summed E-state index contributed by atoms with van der Waals surface area (Å²) in [4.78, 5) is 25.8. The van der Waals surface area contributed by atoms with E-state index in [0.717, 1.165) is 4.90 Å². The van der Waals surface area contributed by atoms with Crippen molar-refractivity contribution in [2.24, 2.45) is 0 Å². The van der Waals surface area contributed by atoms with Crippen molar-refractivity contribution in [2.75, 3.05) is 7.11 Å². The molecule has 0 unspecified atom stereocenters. The molecule has 0 aliphatic carbocycles. The Morgan fingerprint density at radius 2 is 1.96 bits per heavy atom. The molecule has 2 aromatic carbocycles. The minimum atomic E-state index is -0.513. The lowest BCUT2D eigenvalue weighted by Gasteiger charge is -2.04. The number of benzene rings is 2. The number of furan rings is 1. The third-order valence-electron chi connectivity index (χ3n) is 4.13. The van der Waals surface area contributed by atoms with E-state index in [1.165, 1.54) is 18.9 Å². The summed E-state index contributed by atoms with van der Waals surface area (Å²) in [7, 11) is 1.30. The van der Waals surface area contributed by atoms with Gasteiger partial charge in [-0.1, -0.05) is 35.5 Å². The zero-order valence-corrected chi connectivity index (χ0v) is 15.8. The van der Waals surface area contributed by atoms with E-state index < -0.39 is 5.97 Å². The lowest BCUT2D eigenvalue weighted by Crippen LogP contribution is -2.02. The van der Waals surface area contributed by atoms with Gasteiger partial charge >= 0.3 is 5.97 Å². The number of hydrogen-bond acceptors (Lipinski definition) is 5. The molecule has 1 aromatic heterocycles. The molecule has 0 amide bonds. The number of allylic oxidation sites excluding steroid dienone is 1. The number of ketones is 1. The fourth-order valence-corrected chi connectivity index (χ4v) is 4.02. The predicted octanol–water partition coefficient (Wildman–Crippen LogP) is 5.72. The van der Waals surface area contributed by atoms with Crippen LogP contribution >= 0.6 is 23.4 Å². The van der Waals surface area contributed by atoms with E-state index in [-0.39, 0.29) is 11.3 Å². The van der Waals surface area contributed by atoms with Gasteiger partial charge in [-0.2, -0.15) is 0 Å². The number of esters is 1. The van der Waals surface area contributed by atoms with Gasteiger partial charge in [-0.15, -0.1) is 0 Å². The minimum Gasteiger partial charge on any atom is -0.465 e. The lowest BCUT2D eigenvalue weighted by atomic mass is 10.1. The highest BCUT2D eigenvalue weighted by Gasteiger charge is 2.25. The Bertz CT molecular complexity index is 1100. The standard InChI is InChI=1S/C21H13ClO4S/c1-25-21(24)15-10-12(6-8-16(15)22)17-9-7-13(26-17)11-19-20(23)14-4-2-3-5-18(14)27-19/h2-11H,1H3/b19-11+. The Labute approximate surface area is 164 Å². The Morgan fingerprint density at radius 1 is 1.15 bits per heavy atom. The molecule has 0 radical (unpaired) electrons. The number of methoxy groups -OCH3 is 1. The molecule has 0 fully saturated rings. The summed E-state index contributed by atoms with van der Waals surface area (Å²) in [5.41, 5.74) is 1.67. The van der Waals surface area contributed by atoms with Gasteiger partial charge < -0.3 is 9.15 Å². The summed E-state index contributed by atoms with van der Waals surface area (Å²) in [6.45, 7) is 0. The van der Waals surface area contributed by atoms with Crippen molar-refractivity contribution in [1.29, 1.82) is 0 Å². The van der Waals surface area contributed by atoms with Crippen LogP contribution in [0.1, 0.15) is 26.5 Å². The largest absolute Gasteiger partial charge is 0.465 e. The van der Waals surface area contributed by atoms with Crippen molar-refractivity contribution in [1.82, 2.24) is 0 Å². The van der Waals surface area contributed by atoms with E-state index in [1.807, 2.05) is 24.3 Å². The van der Waals surface area contributed by atoms with Gasteiger partial charge in [0.15, 0.2) is 0 Å². The number of thioether (sulfide) groups is 1. The quantitative estimate of drug-likeness (QED) is 0.419. The number of carbonyl (C=O) groups is 2. The van der Waals surface area contributed by atoms with E-state index in [2.05, 4.69) is 0 Å². The SMILES string of the molecule is COC(=O)c1cc(-c2ccc(/C=C3/Sc4ccccc4C3=O)o2)ccc1Cl. The van der Waals surface area contributed by atoms with Crippen LogP contribution in [0.3, 0.4) is 0 Å². The Morgan fingerprint density at radius 3 is 2.74 bits per heavy atom. The first-order valence-electron chi connectivity index (χ1n) is 8.08. The highest BCUT2D eigenvalue weighted by molar-refractivity contribution is 8.04. The number of carbonyl (C=O) groups excluding carboxylic acids is 2. The molecule has 6 heteroatoms. The van der Waals surface area contributed by atoms with Crippen LogP contribution < -0.4 is 0 Å². The molecule has 1 aliphatic rings. The zero-order valence-electron chi connectivity index (χ0n) is 14.2. The highest BCUT2D eigenvalue weighted by Crippen LogP contribution is 2.41. The molecule has 0 N–H and O–H groups in total. The van der Waals surface area contributed by atoms with Crippen molar-refractivity contribution in [3.63, 3.8) is 0 Å². The van der Waals surface area contributed by atoms with E-state index in [0.29, 0.717) is 32.6 Å². The van der Waals surface area contributed by atoms with Crippen molar-refractivity contribution in [3.8, 4) is 11.3 Å². The first-order valence-corrected chi connectivity index (χ1v) is 9.27. The first kappa shape index (κ1) is 17.6. The predicted molar refractivity (Wildman–Crippen MR) is 105 cm³/mol. The molecular formula is C21H13ClO4S. The van der Waals surface area contributed by atoms with Crippen molar-refractivity contribution in [2.45, 2.75) is 4.90 Å². The Kier molecular flexibility index (Phi) is 4.64. The number of rotatable bonds is 3. The summed E-state index contributed by atoms with van der Waals surface area (Å²) in [5.74, 6) is 0.606. The Hall–Kier alpha value is -2.76. The molecule has 0 bridgehead atoms. The summed E-state index contributed by atoms with van der Waals surface area (Å²) in [6, 6.07) is 16.1. The molecule has 4 rings (SSSR count). The molecule has 134 valence electrons. The topological polar surface area (TPSA) is 56.5 Å². The fraction of sp³-hybridized carbons (Fsp3) is 0.0476. The van der Waals surface area contributed by atoms with E-state index in [1.54, 1.807) is 36.4 Å². The minimum absolute atomic E-state index is 0.00646. The molecule has 0 saturated carbocycles. The van der Waals surface area contributed by atoms with Crippen LogP contribution in [0.25, 0.3) is 17.4 Å². The van der Waals surface area contributed by atoms with Crippen LogP contribution in [0.15, 0.2) is 68.8 Å². The number of Topliss-reactive ketones (excluding diaryl/α,β-unsaturated/α-hetero) is 1. The maximum absolute atomic E-state index is 12.5. The third-order valence-corrected chi connectivity index (χ3v) is 5.56. The van der Waals surface area contributed by atoms with Crippen LogP contribution in [0.2, 0.25) is 5.02 Å². The average molecular weight is 397 g/mol. The number of halogens is 1. The van der Waals surface area contributed by atoms with Crippen LogP contribution in [0.4, 0.5) is 0 Å². The lowest BCUT2D eigenvalue weighted by molar-refractivity contribution is 0.0601. The third kappa shape index (κ3) is 3.31. The molecule has 0 saturated heterocycles. The van der Waals surface area contributed by atoms with Crippen molar-refractivity contribution >= 4 is 41.2 Å². The Balaban J connectivity index is 1.64. The fourth-order valence-electron chi connectivity index (χ4n) is 2.80. The molecule has 2 heterocycles. The van der Waals surface area contributed by atoms with Gasteiger partial charge in [0, 0.05) is 16.0 Å². The summed E-state index contributed by atoms with van der Waals surface area (Å²) >= 11 is 7.48. The van der Waals surface area contributed by atoms with Crippen LogP contribution in [-0.2, 0) is 4.74 Å².